The van der Waals surface area contributed by atoms with Crippen LogP contribution in [0.25, 0.3) is 0 Å². The molecule has 0 radical (unpaired) electrons. The van der Waals surface area contributed by atoms with E-state index >= 15 is 0 Å². The molecule has 1 aliphatic carbocycles. The fourth-order valence-corrected chi connectivity index (χ4v) is 3.71. The monoisotopic (exact) mass is 280 g/mol. The second-order valence-corrected chi connectivity index (χ2v) is 6.92. The Balaban J connectivity index is 2.20. The molecule has 2 fully saturated rings. The van der Waals surface area contributed by atoms with E-state index in [2.05, 4.69) is 26.1 Å². The number of amides is 2. The number of hydrogen-bond acceptors (Lipinski definition) is 2. The molecule has 0 bridgehead atoms. The molecule has 4 heteroatoms. The number of carbonyl (C=O) groups is 2. The van der Waals surface area contributed by atoms with E-state index in [9.17, 15) is 9.59 Å². The second kappa shape index (κ2) is 6.15. The zero-order valence-electron chi connectivity index (χ0n) is 13.1. The van der Waals surface area contributed by atoms with Crippen LogP contribution < -0.4 is 5.32 Å². The number of hydrogen-bond donors (Lipinski definition) is 1. The molecule has 114 valence electrons. The van der Waals surface area contributed by atoms with Gasteiger partial charge in [-0.3, -0.25) is 9.59 Å². The van der Waals surface area contributed by atoms with E-state index in [0.717, 1.165) is 32.1 Å². The van der Waals surface area contributed by atoms with E-state index in [0.29, 0.717) is 18.9 Å². The first-order chi connectivity index (χ1) is 9.44. The van der Waals surface area contributed by atoms with Gasteiger partial charge in [-0.1, -0.05) is 33.1 Å². The number of rotatable bonds is 3. The lowest BCUT2D eigenvalue weighted by molar-refractivity contribution is -0.142. The summed E-state index contributed by atoms with van der Waals surface area (Å²) >= 11 is 0. The van der Waals surface area contributed by atoms with E-state index in [-0.39, 0.29) is 17.9 Å². The van der Waals surface area contributed by atoms with Crippen molar-refractivity contribution in [1.29, 1.82) is 0 Å². The van der Waals surface area contributed by atoms with Gasteiger partial charge in [0.1, 0.15) is 5.54 Å². The van der Waals surface area contributed by atoms with Crippen LogP contribution in [-0.4, -0.2) is 34.8 Å². The van der Waals surface area contributed by atoms with Crippen LogP contribution in [0.5, 0.6) is 0 Å². The summed E-state index contributed by atoms with van der Waals surface area (Å²) in [6.07, 6.45) is 6.31. The molecule has 1 aliphatic heterocycles. The van der Waals surface area contributed by atoms with Crippen LogP contribution in [-0.2, 0) is 9.59 Å². The van der Waals surface area contributed by atoms with Crippen molar-refractivity contribution in [3.05, 3.63) is 0 Å². The standard InChI is InChI=1S/C16H28N2O2/c1-12(2)11-13(3)18-10-7-14(19)17-16(15(18)20)8-5-4-6-9-16/h12-13H,4-11H2,1-3H3,(H,17,19). The molecular weight excluding hydrogens is 252 g/mol. The number of carbonyl (C=O) groups excluding carboxylic acids is 2. The quantitative estimate of drug-likeness (QED) is 0.863. The molecule has 2 rings (SSSR count). The van der Waals surface area contributed by atoms with Gasteiger partial charge in [-0.15, -0.1) is 0 Å². The molecule has 2 amide bonds. The highest BCUT2D eigenvalue weighted by atomic mass is 16.2. The molecule has 0 aromatic heterocycles. The van der Waals surface area contributed by atoms with E-state index in [1.807, 2.05) is 4.90 Å². The van der Waals surface area contributed by atoms with E-state index in [1.54, 1.807) is 0 Å². The third kappa shape index (κ3) is 3.15. The lowest BCUT2D eigenvalue weighted by atomic mass is 9.80. The summed E-state index contributed by atoms with van der Waals surface area (Å²) in [7, 11) is 0. The molecule has 0 aromatic carbocycles. The zero-order valence-corrected chi connectivity index (χ0v) is 13.1. The van der Waals surface area contributed by atoms with Crippen LogP contribution in [0.3, 0.4) is 0 Å². The average Bonchev–Trinajstić information content (AvgIpc) is 2.49. The first kappa shape index (κ1) is 15.3. The summed E-state index contributed by atoms with van der Waals surface area (Å²) in [5.41, 5.74) is -0.600. The molecule has 1 spiro atoms. The van der Waals surface area contributed by atoms with Crippen molar-refractivity contribution >= 4 is 11.8 Å². The highest BCUT2D eigenvalue weighted by Gasteiger charge is 2.45. The van der Waals surface area contributed by atoms with Crippen molar-refractivity contribution in [1.82, 2.24) is 10.2 Å². The zero-order chi connectivity index (χ0) is 14.8. The Kier molecular flexibility index (Phi) is 4.71. The summed E-state index contributed by atoms with van der Waals surface area (Å²) in [6.45, 7) is 7.04. The van der Waals surface area contributed by atoms with Crippen LogP contribution in [0.15, 0.2) is 0 Å². The van der Waals surface area contributed by atoms with Crippen LogP contribution in [0.1, 0.15) is 65.7 Å². The predicted molar refractivity (Wildman–Crippen MR) is 79.2 cm³/mol. The molecule has 4 nitrogen and oxygen atoms in total. The van der Waals surface area contributed by atoms with Gasteiger partial charge in [-0.25, -0.2) is 0 Å². The SMILES string of the molecule is CC(C)CC(C)N1CCC(=O)NC2(CCCCC2)C1=O. The summed E-state index contributed by atoms with van der Waals surface area (Å²) in [5, 5.41) is 3.05. The van der Waals surface area contributed by atoms with E-state index in [1.165, 1.54) is 6.42 Å². The Labute approximate surface area is 122 Å². The molecule has 1 heterocycles. The minimum atomic E-state index is -0.600. The summed E-state index contributed by atoms with van der Waals surface area (Å²) in [6, 6.07) is 0.217. The normalized spacial score (nSPS) is 24.7. The number of nitrogens with zero attached hydrogens (tertiary/aromatic N) is 1. The molecule has 2 aliphatic rings. The third-order valence-electron chi connectivity index (χ3n) is 4.68. The maximum absolute atomic E-state index is 13.0. The minimum Gasteiger partial charge on any atom is -0.342 e. The van der Waals surface area contributed by atoms with E-state index < -0.39 is 5.54 Å². The second-order valence-electron chi connectivity index (χ2n) is 6.92. The largest absolute Gasteiger partial charge is 0.342 e. The van der Waals surface area contributed by atoms with Crippen LogP contribution >= 0.6 is 0 Å². The first-order valence-corrected chi connectivity index (χ1v) is 8.07. The van der Waals surface area contributed by atoms with Crippen molar-refractivity contribution in [2.75, 3.05) is 6.54 Å². The molecule has 1 saturated carbocycles. The van der Waals surface area contributed by atoms with Crippen LogP contribution in [0, 0.1) is 5.92 Å². The van der Waals surface area contributed by atoms with Crippen LogP contribution in [0.4, 0.5) is 0 Å². The third-order valence-corrected chi connectivity index (χ3v) is 4.68. The molecule has 0 aromatic rings. The van der Waals surface area contributed by atoms with Crippen molar-refractivity contribution in [2.45, 2.75) is 77.3 Å². The van der Waals surface area contributed by atoms with E-state index in [4.69, 9.17) is 0 Å². The van der Waals surface area contributed by atoms with Gasteiger partial charge < -0.3 is 10.2 Å². The molecule has 1 N–H and O–H groups in total. The maximum Gasteiger partial charge on any atom is 0.248 e. The first-order valence-electron chi connectivity index (χ1n) is 8.07. The highest BCUT2D eigenvalue weighted by molar-refractivity contribution is 5.93. The number of nitrogens with one attached hydrogen (secondary N) is 1. The summed E-state index contributed by atoms with van der Waals surface area (Å²) < 4.78 is 0. The van der Waals surface area contributed by atoms with Gasteiger partial charge in [-0.05, 0) is 32.1 Å². The molecule has 20 heavy (non-hydrogen) atoms. The highest BCUT2D eigenvalue weighted by Crippen LogP contribution is 2.32. The van der Waals surface area contributed by atoms with Gasteiger partial charge in [-0.2, -0.15) is 0 Å². The van der Waals surface area contributed by atoms with Gasteiger partial charge in [0.05, 0.1) is 0 Å². The summed E-state index contributed by atoms with van der Waals surface area (Å²) in [5.74, 6) is 0.766. The van der Waals surface area contributed by atoms with Crippen molar-refractivity contribution in [2.24, 2.45) is 5.92 Å². The van der Waals surface area contributed by atoms with Gasteiger partial charge >= 0.3 is 0 Å². The smallest absolute Gasteiger partial charge is 0.248 e. The van der Waals surface area contributed by atoms with Crippen molar-refractivity contribution in [3.8, 4) is 0 Å². The Morgan fingerprint density at radius 2 is 1.80 bits per heavy atom. The topological polar surface area (TPSA) is 49.4 Å². The Bertz CT molecular complexity index is 373. The van der Waals surface area contributed by atoms with Gasteiger partial charge in [0.25, 0.3) is 0 Å². The fourth-order valence-electron chi connectivity index (χ4n) is 3.71. The fraction of sp³-hybridized carbons (Fsp3) is 0.875. The van der Waals surface area contributed by atoms with Gasteiger partial charge in [0.15, 0.2) is 0 Å². The molecule has 1 atom stereocenters. The predicted octanol–water partition coefficient (Wildman–Crippen LogP) is 2.47. The Hall–Kier alpha value is -1.06. The minimum absolute atomic E-state index is 0.0412. The Morgan fingerprint density at radius 3 is 2.40 bits per heavy atom. The van der Waals surface area contributed by atoms with Crippen molar-refractivity contribution < 1.29 is 9.59 Å². The Morgan fingerprint density at radius 1 is 1.15 bits per heavy atom. The molecule has 1 unspecified atom stereocenters. The van der Waals surface area contributed by atoms with Crippen molar-refractivity contribution in [3.63, 3.8) is 0 Å². The van der Waals surface area contributed by atoms with Gasteiger partial charge in [0, 0.05) is 19.0 Å². The summed E-state index contributed by atoms with van der Waals surface area (Å²) in [4.78, 5) is 27.0. The lowest BCUT2D eigenvalue weighted by Crippen LogP contribution is -2.59. The molecular formula is C16H28N2O2. The molecule has 1 saturated heterocycles. The van der Waals surface area contributed by atoms with Gasteiger partial charge in [0.2, 0.25) is 11.8 Å². The lowest BCUT2D eigenvalue weighted by Gasteiger charge is -2.40. The maximum atomic E-state index is 13.0. The van der Waals surface area contributed by atoms with Crippen LogP contribution in [0.2, 0.25) is 0 Å². The average molecular weight is 280 g/mol.